The summed E-state index contributed by atoms with van der Waals surface area (Å²) in [4.78, 5) is 21.8. The van der Waals surface area contributed by atoms with Crippen LogP contribution in [0.25, 0.3) is 0 Å². The van der Waals surface area contributed by atoms with E-state index in [4.69, 9.17) is 9.47 Å². The second-order valence-electron chi connectivity index (χ2n) is 8.12. The molecule has 1 aromatic heterocycles. The predicted molar refractivity (Wildman–Crippen MR) is 129 cm³/mol. The first kappa shape index (κ1) is 22.6. The monoisotopic (exact) mass is 446 g/mol. The van der Waals surface area contributed by atoms with Crippen LogP contribution < -0.4 is 14.8 Å². The molecule has 1 amide bonds. The minimum Gasteiger partial charge on any atom is -0.496 e. The summed E-state index contributed by atoms with van der Waals surface area (Å²) in [6.45, 7) is 2.65. The van der Waals surface area contributed by atoms with Gasteiger partial charge in [-0.05, 0) is 42.9 Å². The number of likely N-dealkylation sites (N-methyl/N-ethyl adjacent to an activating group) is 1. The maximum absolute atomic E-state index is 13.5. The zero-order valence-corrected chi connectivity index (χ0v) is 19.3. The van der Waals surface area contributed by atoms with Gasteiger partial charge in [0, 0.05) is 49.7 Å². The topological polar surface area (TPSA) is 66.9 Å². The third-order valence-corrected chi connectivity index (χ3v) is 6.09. The smallest absolute Gasteiger partial charge is 0.254 e. The number of pyridine rings is 1. The van der Waals surface area contributed by atoms with Gasteiger partial charge in [0.2, 0.25) is 0 Å². The van der Waals surface area contributed by atoms with Crippen LogP contribution in [0, 0.1) is 0 Å². The number of para-hydroxylation sites is 1. The Morgan fingerprint density at radius 3 is 2.64 bits per heavy atom. The largest absolute Gasteiger partial charge is 0.496 e. The Labute approximate surface area is 195 Å². The lowest BCUT2D eigenvalue weighted by Crippen LogP contribution is -2.49. The highest BCUT2D eigenvalue weighted by Crippen LogP contribution is 2.32. The van der Waals surface area contributed by atoms with E-state index in [1.807, 2.05) is 59.6 Å². The van der Waals surface area contributed by atoms with Crippen molar-refractivity contribution in [2.45, 2.75) is 12.6 Å². The van der Waals surface area contributed by atoms with Crippen molar-refractivity contribution >= 4 is 11.6 Å². The molecule has 0 spiro atoms. The SMILES string of the molecule is COc1ccc(C(=O)N2CCN(C)[C@H](c3ccccc3OC)C2)cc1NCc1cccnc1. The Morgan fingerprint density at radius 1 is 1.06 bits per heavy atom. The highest BCUT2D eigenvalue weighted by atomic mass is 16.5. The lowest BCUT2D eigenvalue weighted by atomic mass is 10.0. The molecular formula is C26H30N4O3. The van der Waals surface area contributed by atoms with E-state index in [2.05, 4.69) is 28.3 Å². The molecule has 2 heterocycles. The number of nitrogens with one attached hydrogen (secondary N) is 1. The Balaban J connectivity index is 1.53. The van der Waals surface area contributed by atoms with Crippen molar-refractivity contribution in [1.82, 2.24) is 14.8 Å². The molecule has 0 unspecified atom stereocenters. The Kier molecular flexibility index (Phi) is 7.10. The minimum absolute atomic E-state index is 0.00933. The van der Waals surface area contributed by atoms with Crippen molar-refractivity contribution in [1.29, 1.82) is 0 Å². The molecule has 0 aliphatic carbocycles. The number of carbonyl (C=O) groups is 1. The first-order valence-electron chi connectivity index (χ1n) is 11.0. The normalized spacial score (nSPS) is 16.3. The summed E-state index contributed by atoms with van der Waals surface area (Å²) in [5.74, 6) is 1.55. The van der Waals surface area contributed by atoms with Crippen LogP contribution in [-0.2, 0) is 6.54 Å². The number of benzene rings is 2. The molecule has 2 aromatic carbocycles. The first-order chi connectivity index (χ1) is 16.1. The van der Waals surface area contributed by atoms with Gasteiger partial charge in [0.1, 0.15) is 11.5 Å². The first-order valence-corrected chi connectivity index (χ1v) is 11.0. The summed E-state index contributed by atoms with van der Waals surface area (Å²) in [6, 6.07) is 17.5. The molecule has 1 saturated heterocycles. The molecule has 7 nitrogen and oxygen atoms in total. The quantitative estimate of drug-likeness (QED) is 0.595. The van der Waals surface area contributed by atoms with Gasteiger partial charge >= 0.3 is 0 Å². The van der Waals surface area contributed by atoms with E-state index < -0.39 is 0 Å². The number of aromatic nitrogens is 1. The fraction of sp³-hybridized carbons (Fsp3) is 0.308. The Morgan fingerprint density at radius 2 is 1.88 bits per heavy atom. The lowest BCUT2D eigenvalue weighted by Gasteiger charge is -2.40. The fourth-order valence-electron chi connectivity index (χ4n) is 4.20. The maximum atomic E-state index is 13.5. The zero-order chi connectivity index (χ0) is 23.2. The van der Waals surface area contributed by atoms with Gasteiger partial charge in [-0.15, -0.1) is 0 Å². The zero-order valence-electron chi connectivity index (χ0n) is 19.3. The molecule has 0 radical (unpaired) electrons. The maximum Gasteiger partial charge on any atom is 0.254 e. The molecule has 1 atom stereocenters. The molecule has 1 aliphatic rings. The van der Waals surface area contributed by atoms with Gasteiger partial charge in [0.15, 0.2) is 0 Å². The second kappa shape index (κ2) is 10.4. The highest BCUT2D eigenvalue weighted by molar-refractivity contribution is 5.95. The summed E-state index contributed by atoms with van der Waals surface area (Å²) in [5, 5.41) is 3.37. The van der Waals surface area contributed by atoms with Gasteiger partial charge < -0.3 is 19.7 Å². The molecule has 4 rings (SSSR count). The van der Waals surface area contributed by atoms with E-state index in [0.29, 0.717) is 30.9 Å². The van der Waals surface area contributed by atoms with Crippen molar-refractivity contribution in [2.24, 2.45) is 0 Å². The molecule has 1 aliphatic heterocycles. The van der Waals surface area contributed by atoms with Crippen LogP contribution in [0.4, 0.5) is 5.69 Å². The summed E-state index contributed by atoms with van der Waals surface area (Å²) >= 11 is 0. The molecule has 7 heteroatoms. The van der Waals surface area contributed by atoms with E-state index in [1.165, 1.54) is 0 Å². The van der Waals surface area contributed by atoms with Gasteiger partial charge in [0.25, 0.3) is 5.91 Å². The molecule has 0 bridgehead atoms. The van der Waals surface area contributed by atoms with E-state index in [-0.39, 0.29) is 11.9 Å². The summed E-state index contributed by atoms with van der Waals surface area (Å²) < 4.78 is 11.1. The van der Waals surface area contributed by atoms with Gasteiger partial charge in [-0.2, -0.15) is 0 Å². The number of rotatable bonds is 7. The Hall–Kier alpha value is -3.58. The lowest BCUT2D eigenvalue weighted by molar-refractivity contribution is 0.0542. The van der Waals surface area contributed by atoms with Crippen LogP contribution in [-0.4, -0.2) is 61.6 Å². The van der Waals surface area contributed by atoms with Crippen LogP contribution in [0.2, 0.25) is 0 Å². The van der Waals surface area contributed by atoms with Crippen molar-refractivity contribution in [3.63, 3.8) is 0 Å². The molecule has 1 N–H and O–H groups in total. The number of carbonyl (C=O) groups excluding carboxylic acids is 1. The molecule has 0 saturated carbocycles. The number of hydrogen-bond donors (Lipinski definition) is 1. The Bertz CT molecular complexity index is 1090. The van der Waals surface area contributed by atoms with Crippen molar-refractivity contribution in [3.8, 4) is 11.5 Å². The highest BCUT2D eigenvalue weighted by Gasteiger charge is 2.30. The van der Waals surface area contributed by atoms with Crippen LogP contribution in [0.15, 0.2) is 67.0 Å². The fourth-order valence-corrected chi connectivity index (χ4v) is 4.20. The van der Waals surface area contributed by atoms with Gasteiger partial charge in [-0.3, -0.25) is 14.7 Å². The summed E-state index contributed by atoms with van der Waals surface area (Å²) in [7, 11) is 5.40. The van der Waals surface area contributed by atoms with Crippen LogP contribution in [0.3, 0.4) is 0 Å². The number of hydrogen-bond acceptors (Lipinski definition) is 6. The van der Waals surface area contributed by atoms with Crippen LogP contribution in [0.1, 0.15) is 27.5 Å². The van der Waals surface area contributed by atoms with Crippen LogP contribution >= 0.6 is 0 Å². The second-order valence-corrected chi connectivity index (χ2v) is 8.12. The van der Waals surface area contributed by atoms with Crippen LogP contribution in [0.5, 0.6) is 11.5 Å². The molecule has 1 fully saturated rings. The van der Waals surface area contributed by atoms with Gasteiger partial charge in [-0.1, -0.05) is 24.3 Å². The van der Waals surface area contributed by atoms with Gasteiger partial charge in [0.05, 0.1) is 25.9 Å². The van der Waals surface area contributed by atoms with E-state index in [1.54, 1.807) is 20.4 Å². The van der Waals surface area contributed by atoms with E-state index >= 15 is 0 Å². The number of methoxy groups -OCH3 is 2. The third kappa shape index (κ3) is 5.09. The average molecular weight is 447 g/mol. The molecule has 33 heavy (non-hydrogen) atoms. The molecule has 172 valence electrons. The van der Waals surface area contributed by atoms with Crippen molar-refractivity contribution in [2.75, 3.05) is 46.2 Å². The average Bonchev–Trinajstić information content (AvgIpc) is 2.87. The standard InChI is InChI=1S/C26H30N4O3/c1-29-13-14-30(18-23(29)21-8-4-5-9-24(21)32-2)26(31)20-10-11-25(33-3)22(15-20)28-17-19-7-6-12-27-16-19/h4-12,15-16,23,28H,13-14,17-18H2,1-3H3/t23-/m0/s1. The van der Waals surface area contributed by atoms with E-state index in [0.717, 1.165) is 29.1 Å². The number of piperazine rings is 1. The molecule has 3 aromatic rings. The van der Waals surface area contributed by atoms with E-state index in [9.17, 15) is 4.79 Å². The third-order valence-electron chi connectivity index (χ3n) is 6.09. The number of nitrogens with zero attached hydrogens (tertiary/aromatic N) is 3. The van der Waals surface area contributed by atoms with Crippen molar-refractivity contribution < 1.29 is 14.3 Å². The number of amides is 1. The summed E-state index contributed by atoms with van der Waals surface area (Å²) in [6.07, 6.45) is 3.56. The van der Waals surface area contributed by atoms with Gasteiger partial charge in [-0.25, -0.2) is 0 Å². The predicted octanol–water partition coefficient (Wildman–Crippen LogP) is 3.84. The summed E-state index contributed by atoms with van der Waals surface area (Å²) in [5.41, 5.74) is 3.55. The number of ether oxygens (including phenoxy) is 2. The minimum atomic E-state index is 0.00933. The number of anilines is 1. The van der Waals surface area contributed by atoms with Crippen molar-refractivity contribution in [3.05, 3.63) is 83.7 Å². The molecular weight excluding hydrogens is 416 g/mol.